The van der Waals surface area contributed by atoms with Gasteiger partial charge in [-0.2, -0.15) is 0 Å². The predicted octanol–water partition coefficient (Wildman–Crippen LogP) is 5.16. The molecule has 0 amide bonds. The fourth-order valence-electron chi connectivity index (χ4n) is 1.62. The molecule has 0 atom stereocenters. The van der Waals surface area contributed by atoms with Gasteiger partial charge < -0.3 is 5.32 Å². The van der Waals surface area contributed by atoms with Gasteiger partial charge in [0.05, 0.1) is 5.69 Å². The summed E-state index contributed by atoms with van der Waals surface area (Å²) < 4.78 is 13.9. The second-order valence-corrected chi connectivity index (χ2v) is 5.33. The summed E-state index contributed by atoms with van der Waals surface area (Å²) in [5.41, 5.74) is 2.82. The highest BCUT2D eigenvalue weighted by atomic mass is 79.9. The molecule has 0 saturated heterocycles. The summed E-state index contributed by atoms with van der Waals surface area (Å²) in [6, 6.07) is 10.4. The molecule has 1 nitrogen and oxygen atoms in total. The van der Waals surface area contributed by atoms with E-state index in [-0.39, 0.29) is 5.82 Å². The van der Waals surface area contributed by atoms with Crippen molar-refractivity contribution in [2.45, 2.75) is 13.5 Å². The molecule has 0 radical (unpaired) electrons. The van der Waals surface area contributed by atoms with E-state index in [1.165, 1.54) is 12.1 Å². The molecule has 0 heterocycles. The average molecular weight is 329 g/mol. The van der Waals surface area contributed by atoms with Crippen LogP contribution in [0.1, 0.15) is 11.1 Å². The maximum absolute atomic E-state index is 13.1. The van der Waals surface area contributed by atoms with Crippen molar-refractivity contribution in [2.75, 3.05) is 5.32 Å². The maximum atomic E-state index is 13.1. The third-order valence-corrected chi connectivity index (χ3v) is 3.65. The van der Waals surface area contributed by atoms with E-state index >= 15 is 0 Å². The molecule has 0 saturated carbocycles. The van der Waals surface area contributed by atoms with Crippen molar-refractivity contribution in [3.8, 4) is 0 Å². The third kappa shape index (κ3) is 3.24. The minimum absolute atomic E-state index is 0.268. The average Bonchev–Trinajstić information content (AvgIpc) is 2.32. The summed E-state index contributed by atoms with van der Waals surface area (Å²) in [4.78, 5) is 0. The Bertz CT molecular complexity index is 572. The van der Waals surface area contributed by atoms with Gasteiger partial charge in [-0.3, -0.25) is 0 Å². The van der Waals surface area contributed by atoms with Crippen LogP contribution in [0.25, 0.3) is 0 Å². The standard InChI is InChI=1S/C14H12BrClFN/c1-9-2-3-10(13(16)6-9)8-18-14-7-11(17)4-5-12(14)15/h2-7,18H,8H2,1H3. The highest BCUT2D eigenvalue weighted by Crippen LogP contribution is 2.25. The monoisotopic (exact) mass is 327 g/mol. The molecule has 18 heavy (non-hydrogen) atoms. The largest absolute Gasteiger partial charge is 0.380 e. The first-order valence-corrected chi connectivity index (χ1v) is 6.67. The smallest absolute Gasteiger partial charge is 0.125 e. The Hall–Kier alpha value is -1.06. The highest BCUT2D eigenvalue weighted by Gasteiger charge is 2.04. The van der Waals surface area contributed by atoms with Crippen LogP contribution in [0.2, 0.25) is 5.02 Å². The first kappa shape index (κ1) is 13.4. The van der Waals surface area contributed by atoms with Crippen LogP contribution >= 0.6 is 27.5 Å². The van der Waals surface area contributed by atoms with Crippen molar-refractivity contribution in [1.29, 1.82) is 0 Å². The highest BCUT2D eigenvalue weighted by molar-refractivity contribution is 9.10. The van der Waals surface area contributed by atoms with Crippen molar-refractivity contribution in [2.24, 2.45) is 0 Å². The summed E-state index contributed by atoms with van der Waals surface area (Å²) in [5, 5.41) is 3.88. The van der Waals surface area contributed by atoms with Crippen molar-refractivity contribution in [1.82, 2.24) is 0 Å². The summed E-state index contributed by atoms with van der Waals surface area (Å²) in [7, 11) is 0. The minimum atomic E-state index is -0.268. The number of hydrogen-bond donors (Lipinski definition) is 1. The van der Waals surface area contributed by atoms with E-state index in [9.17, 15) is 4.39 Å². The first-order chi connectivity index (χ1) is 8.56. The lowest BCUT2D eigenvalue weighted by atomic mass is 10.1. The van der Waals surface area contributed by atoms with Gasteiger partial charge in [-0.25, -0.2) is 4.39 Å². The van der Waals surface area contributed by atoms with Gasteiger partial charge in [-0.15, -0.1) is 0 Å². The first-order valence-electron chi connectivity index (χ1n) is 5.50. The van der Waals surface area contributed by atoms with Gasteiger partial charge in [0, 0.05) is 16.0 Å². The number of anilines is 1. The van der Waals surface area contributed by atoms with Crippen LogP contribution in [0.3, 0.4) is 0 Å². The molecular weight excluding hydrogens is 317 g/mol. The molecule has 0 aliphatic rings. The molecule has 2 aromatic rings. The van der Waals surface area contributed by atoms with Gasteiger partial charge in [0.2, 0.25) is 0 Å². The van der Waals surface area contributed by atoms with Crippen molar-refractivity contribution >= 4 is 33.2 Å². The second-order valence-electron chi connectivity index (χ2n) is 4.07. The molecule has 0 spiro atoms. The zero-order valence-electron chi connectivity index (χ0n) is 9.81. The van der Waals surface area contributed by atoms with Gasteiger partial charge >= 0.3 is 0 Å². The third-order valence-electron chi connectivity index (χ3n) is 2.61. The molecular formula is C14H12BrClFN. The van der Waals surface area contributed by atoms with Gasteiger partial charge in [0.25, 0.3) is 0 Å². The van der Waals surface area contributed by atoms with Crippen LogP contribution in [0.4, 0.5) is 10.1 Å². The predicted molar refractivity (Wildman–Crippen MR) is 77.6 cm³/mol. The molecule has 4 heteroatoms. The van der Waals surface area contributed by atoms with E-state index in [2.05, 4.69) is 21.2 Å². The van der Waals surface area contributed by atoms with Crippen LogP contribution in [0.5, 0.6) is 0 Å². The lowest BCUT2D eigenvalue weighted by molar-refractivity contribution is 0.628. The van der Waals surface area contributed by atoms with Crippen LogP contribution in [0.15, 0.2) is 40.9 Å². The molecule has 0 unspecified atom stereocenters. The molecule has 0 aromatic heterocycles. The lowest BCUT2D eigenvalue weighted by Crippen LogP contribution is -2.01. The van der Waals surface area contributed by atoms with Crippen LogP contribution in [-0.2, 0) is 6.54 Å². The van der Waals surface area contributed by atoms with E-state index < -0.39 is 0 Å². The quantitative estimate of drug-likeness (QED) is 0.820. The van der Waals surface area contributed by atoms with E-state index in [1.807, 2.05) is 25.1 Å². The van der Waals surface area contributed by atoms with E-state index in [1.54, 1.807) is 6.07 Å². The van der Waals surface area contributed by atoms with Crippen molar-refractivity contribution in [3.63, 3.8) is 0 Å². The fraction of sp³-hybridized carbons (Fsp3) is 0.143. The van der Waals surface area contributed by atoms with Gasteiger partial charge in [-0.05, 0) is 58.2 Å². The van der Waals surface area contributed by atoms with Crippen molar-refractivity contribution in [3.05, 3.63) is 62.8 Å². The van der Waals surface area contributed by atoms with Crippen LogP contribution in [0, 0.1) is 12.7 Å². The SMILES string of the molecule is Cc1ccc(CNc2cc(F)ccc2Br)c(Cl)c1. The Morgan fingerprint density at radius 1 is 1.22 bits per heavy atom. The number of nitrogens with one attached hydrogen (secondary N) is 1. The fourth-order valence-corrected chi connectivity index (χ4v) is 2.31. The van der Waals surface area contributed by atoms with Crippen LogP contribution < -0.4 is 5.32 Å². The normalized spacial score (nSPS) is 10.4. The maximum Gasteiger partial charge on any atom is 0.125 e. The van der Waals surface area contributed by atoms with E-state index in [4.69, 9.17) is 11.6 Å². The Kier molecular flexibility index (Phi) is 4.25. The Morgan fingerprint density at radius 2 is 2.00 bits per heavy atom. The lowest BCUT2D eigenvalue weighted by Gasteiger charge is -2.10. The Balaban J connectivity index is 2.13. The number of aryl methyl sites for hydroxylation is 1. The van der Waals surface area contributed by atoms with Crippen molar-refractivity contribution < 1.29 is 4.39 Å². The topological polar surface area (TPSA) is 12.0 Å². The Labute approximate surface area is 119 Å². The molecule has 2 aromatic carbocycles. The van der Waals surface area contributed by atoms with Crippen LogP contribution in [-0.4, -0.2) is 0 Å². The number of benzene rings is 2. The van der Waals surface area contributed by atoms with Gasteiger partial charge in [-0.1, -0.05) is 23.7 Å². The van der Waals surface area contributed by atoms with Gasteiger partial charge in [0.15, 0.2) is 0 Å². The molecule has 0 aliphatic carbocycles. The summed E-state index contributed by atoms with van der Waals surface area (Å²) >= 11 is 9.51. The molecule has 0 aliphatic heterocycles. The molecule has 94 valence electrons. The zero-order valence-corrected chi connectivity index (χ0v) is 12.1. The molecule has 1 N–H and O–H groups in total. The van der Waals surface area contributed by atoms with E-state index in [0.29, 0.717) is 12.2 Å². The number of rotatable bonds is 3. The number of halogens is 3. The summed E-state index contributed by atoms with van der Waals surface area (Å²) in [6.45, 7) is 2.55. The van der Waals surface area contributed by atoms with Gasteiger partial charge in [0.1, 0.15) is 5.82 Å². The number of hydrogen-bond acceptors (Lipinski definition) is 1. The second kappa shape index (κ2) is 5.72. The molecule has 0 fully saturated rings. The molecule has 2 rings (SSSR count). The summed E-state index contributed by atoms with van der Waals surface area (Å²) in [6.07, 6.45) is 0. The summed E-state index contributed by atoms with van der Waals surface area (Å²) in [5.74, 6) is -0.268. The minimum Gasteiger partial charge on any atom is -0.380 e. The van der Waals surface area contributed by atoms with E-state index in [0.717, 1.165) is 20.6 Å². The zero-order chi connectivity index (χ0) is 13.1. The Morgan fingerprint density at radius 3 is 2.72 bits per heavy atom. The molecule has 0 bridgehead atoms.